The van der Waals surface area contributed by atoms with Crippen molar-refractivity contribution >= 4 is 23.9 Å². The molecule has 2 unspecified atom stereocenters. The number of benzene rings is 2. The topological polar surface area (TPSA) is 105 Å². The van der Waals surface area contributed by atoms with Crippen LogP contribution >= 0.6 is 0 Å². The third kappa shape index (κ3) is 7.72. The van der Waals surface area contributed by atoms with Crippen LogP contribution in [0.4, 0.5) is 13.2 Å². The minimum atomic E-state index is -4.85. The van der Waals surface area contributed by atoms with Crippen molar-refractivity contribution in [2.45, 2.75) is 70.7 Å². The molecule has 1 amide bonds. The molecule has 2 N–H and O–H groups in total. The van der Waals surface area contributed by atoms with Crippen LogP contribution in [0.25, 0.3) is 0 Å². The van der Waals surface area contributed by atoms with E-state index in [1.807, 2.05) is 12.1 Å². The molecule has 4 rings (SSSR count). The normalized spacial score (nSPS) is 22.7. The number of hydrogen-bond acceptors (Lipinski definition) is 5. The molecule has 1 heterocycles. The number of carbonyl (C=O) groups excluding carboxylic acids is 2. The van der Waals surface area contributed by atoms with Crippen molar-refractivity contribution in [2.24, 2.45) is 22.2 Å². The Labute approximate surface area is 249 Å². The highest BCUT2D eigenvalue weighted by Crippen LogP contribution is 2.50. The van der Waals surface area contributed by atoms with Crippen LogP contribution < -0.4 is 10.1 Å². The molecule has 0 spiro atoms. The van der Waals surface area contributed by atoms with Gasteiger partial charge in [0.1, 0.15) is 11.3 Å². The molecule has 43 heavy (non-hydrogen) atoms. The smallest absolute Gasteiger partial charge is 0.481 e. The van der Waals surface area contributed by atoms with E-state index < -0.39 is 35.4 Å². The summed E-state index contributed by atoms with van der Waals surface area (Å²) >= 11 is 0. The number of aliphatic carboxylic acids is 1. The second-order valence-electron chi connectivity index (χ2n) is 12.3. The van der Waals surface area contributed by atoms with E-state index in [1.165, 1.54) is 12.1 Å². The van der Waals surface area contributed by atoms with Crippen molar-refractivity contribution in [1.82, 2.24) is 5.32 Å². The molecule has 7 nitrogen and oxygen atoms in total. The second kappa shape index (κ2) is 12.7. The lowest BCUT2D eigenvalue weighted by Gasteiger charge is -2.43. The van der Waals surface area contributed by atoms with Gasteiger partial charge in [-0.2, -0.15) is 0 Å². The number of halogens is 3. The van der Waals surface area contributed by atoms with Crippen LogP contribution in [0.15, 0.2) is 65.7 Å². The van der Waals surface area contributed by atoms with Crippen molar-refractivity contribution in [2.75, 3.05) is 6.54 Å². The maximum atomic E-state index is 14.3. The largest absolute Gasteiger partial charge is 0.573 e. The zero-order chi connectivity index (χ0) is 31.4. The molecule has 2 aliphatic rings. The number of alkyl halides is 3. The number of hydrogen-bond donors (Lipinski definition) is 2. The molecule has 1 saturated carbocycles. The Bertz CT molecular complexity index is 1360. The molecule has 0 aromatic heterocycles. The van der Waals surface area contributed by atoms with Gasteiger partial charge in [-0.15, -0.1) is 13.2 Å². The van der Waals surface area contributed by atoms with Crippen LogP contribution in [0.3, 0.4) is 0 Å². The minimum absolute atomic E-state index is 0.000512. The second-order valence-corrected chi connectivity index (χ2v) is 12.3. The van der Waals surface area contributed by atoms with Crippen molar-refractivity contribution < 1.29 is 37.4 Å². The van der Waals surface area contributed by atoms with E-state index in [9.17, 15) is 27.6 Å². The molecule has 0 saturated heterocycles. The van der Waals surface area contributed by atoms with Crippen LogP contribution in [0.2, 0.25) is 0 Å². The first-order valence-corrected chi connectivity index (χ1v) is 14.4. The molecule has 1 aliphatic carbocycles. The summed E-state index contributed by atoms with van der Waals surface area (Å²) in [4.78, 5) is 42.4. The summed E-state index contributed by atoms with van der Waals surface area (Å²) in [6.45, 7) is 6.70. The molecular formula is C33H37F3N2O5. The number of carboxylic acids is 1. The van der Waals surface area contributed by atoms with Crippen molar-refractivity contribution in [3.63, 3.8) is 0 Å². The van der Waals surface area contributed by atoms with Crippen LogP contribution in [0, 0.1) is 17.3 Å². The average molecular weight is 599 g/mol. The molecule has 2 atom stereocenters. The summed E-state index contributed by atoms with van der Waals surface area (Å²) < 4.78 is 42.1. The van der Waals surface area contributed by atoms with Gasteiger partial charge in [0.15, 0.2) is 5.78 Å². The highest BCUT2D eigenvalue weighted by molar-refractivity contribution is 6.08. The van der Waals surface area contributed by atoms with Gasteiger partial charge in [-0.3, -0.25) is 19.4 Å². The Hall–Kier alpha value is -3.95. The van der Waals surface area contributed by atoms with Crippen molar-refractivity contribution in [1.29, 1.82) is 0 Å². The first-order chi connectivity index (χ1) is 20.2. The number of ether oxygens (including phenoxy) is 1. The first-order valence-electron chi connectivity index (χ1n) is 14.4. The molecule has 10 heteroatoms. The highest BCUT2D eigenvalue weighted by Gasteiger charge is 2.50. The van der Waals surface area contributed by atoms with Gasteiger partial charge in [0, 0.05) is 29.8 Å². The minimum Gasteiger partial charge on any atom is -0.481 e. The maximum absolute atomic E-state index is 14.3. The van der Waals surface area contributed by atoms with Crippen LogP contribution in [-0.4, -0.2) is 47.4 Å². The SMILES string of the molecule is CC(C)(C)C1CCC(C(c2ccc(C(=O)NCCC(=O)O)cc2)C2(C(=O)c3ccc(OC(F)(F)F)cc3)C=CC=N2)CC1. The van der Waals surface area contributed by atoms with Gasteiger partial charge in [-0.05, 0) is 97.0 Å². The van der Waals surface area contributed by atoms with E-state index in [0.717, 1.165) is 43.4 Å². The monoisotopic (exact) mass is 598 g/mol. The Morgan fingerprint density at radius 3 is 2.09 bits per heavy atom. The van der Waals surface area contributed by atoms with Crippen LogP contribution in [0.5, 0.6) is 5.75 Å². The average Bonchev–Trinajstić information content (AvgIpc) is 3.43. The lowest BCUT2D eigenvalue weighted by Crippen LogP contribution is -2.44. The van der Waals surface area contributed by atoms with Crippen LogP contribution in [-0.2, 0) is 4.79 Å². The molecule has 0 bridgehead atoms. The number of aliphatic imine (C=N–C) groups is 1. The van der Waals surface area contributed by atoms with E-state index in [-0.39, 0.29) is 35.6 Å². The molecule has 1 fully saturated rings. The number of carboxylic acid groups (broad SMARTS) is 1. The standard InChI is InChI=1S/C33H37F3N2O5/c1-31(2,3)25-13-9-22(10-14-25)28(21-5-7-24(8-6-21)30(42)37-20-17-27(39)40)32(18-4-19-38-32)29(41)23-11-15-26(16-12-23)43-33(34,35)36/h4-8,11-12,15-16,18-19,22,25,28H,9-10,13-14,17,20H2,1-3H3,(H,37,42)(H,39,40). The zero-order valence-corrected chi connectivity index (χ0v) is 24.5. The van der Waals surface area contributed by atoms with E-state index >= 15 is 0 Å². The number of allylic oxidation sites excluding steroid dienone is 1. The molecule has 0 radical (unpaired) electrons. The number of rotatable bonds is 10. The Morgan fingerprint density at radius 1 is 0.977 bits per heavy atom. The summed E-state index contributed by atoms with van der Waals surface area (Å²) in [5, 5.41) is 11.4. The number of carbonyl (C=O) groups is 3. The van der Waals surface area contributed by atoms with Gasteiger partial charge in [0.05, 0.1) is 6.42 Å². The zero-order valence-electron chi connectivity index (χ0n) is 24.5. The molecule has 1 aliphatic heterocycles. The van der Waals surface area contributed by atoms with Gasteiger partial charge in [0.2, 0.25) is 0 Å². The van der Waals surface area contributed by atoms with Gasteiger partial charge in [0.25, 0.3) is 5.91 Å². The molecule has 2 aromatic rings. The van der Waals surface area contributed by atoms with Gasteiger partial charge in [-0.25, -0.2) is 0 Å². The van der Waals surface area contributed by atoms with Crippen molar-refractivity contribution in [3.05, 3.63) is 77.4 Å². The number of ketones is 1. The number of nitrogens with one attached hydrogen (secondary N) is 1. The molecular weight excluding hydrogens is 561 g/mol. The van der Waals surface area contributed by atoms with Crippen molar-refractivity contribution in [3.8, 4) is 5.75 Å². The fourth-order valence-corrected chi connectivity index (χ4v) is 6.33. The maximum Gasteiger partial charge on any atom is 0.573 e. The van der Waals surface area contributed by atoms with Gasteiger partial charge >= 0.3 is 12.3 Å². The predicted octanol–water partition coefficient (Wildman–Crippen LogP) is 6.99. The fraction of sp³-hybridized carbons (Fsp3) is 0.455. The first kappa shape index (κ1) is 32.0. The highest BCUT2D eigenvalue weighted by atomic mass is 19.4. The van der Waals surface area contributed by atoms with E-state index in [0.29, 0.717) is 11.5 Å². The Morgan fingerprint density at radius 2 is 1.58 bits per heavy atom. The van der Waals surface area contributed by atoms with E-state index in [1.54, 1.807) is 30.5 Å². The number of Topliss-reactive ketones (excluding diaryl/α,β-unsaturated/α-hetero) is 1. The summed E-state index contributed by atoms with van der Waals surface area (Å²) in [7, 11) is 0. The summed E-state index contributed by atoms with van der Waals surface area (Å²) in [5.41, 5.74) is 0.207. The molecule has 230 valence electrons. The third-order valence-electron chi connectivity index (χ3n) is 8.54. The molecule has 2 aromatic carbocycles. The van der Waals surface area contributed by atoms with Crippen LogP contribution in [0.1, 0.15) is 85.1 Å². The van der Waals surface area contributed by atoms with Gasteiger partial charge in [-0.1, -0.05) is 32.9 Å². The third-order valence-corrected chi connectivity index (χ3v) is 8.54. The summed E-state index contributed by atoms with van der Waals surface area (Å²) in [5.74, 6) is -1.97. The Balaban J connectivity index is 1.68. The van der Waals surface area contributed by atoms with E-state index in [4.69, 9.17) is 10.1 Å². The summed E-state index contributed by atoms with van der Waals surface area (Å²) in [6, 6.07) is 11.8. The lowest BCUT2D eigenvalue weighted by atomic mass is 9.61. The number of nitrogens with zero attached hydrogens (tertiary/aromatic N) is 1. The lowest BCUT2D eigenvalue weighted by molar-refractivity contribution is -0.274. The fourth-order valence-electron chi connectivity index (χ4n) is 6.33. The number of amides is 1. The summed E-state index contributed by atoms with van der Waals surface area (Å²) in [6.07, 6.45) is 3.72. The van der Waals surface area contributed by atoms with Gasteiger partial charge < -0.3 is 15.2 Å². The van der Waals surface area contributed by atoms with E-state index in [2.05, 4.69) is 30.8 Å². The quantitative estimate of drug-likeness (QED) is 0.287. The Kier molecular flexibility index (Phi) is 9.47. The predicted molar refractivity (Wildman–Crippen MR) is 156 cm³/mol.